The van der Waals surface area contributed by atoms with Gasteiger partial charge in [-0.05, 0) is 38.0 Å². The summed E-state index contributed by atoms with van der Waals surface area (Å²) in [4.78, 5) is 2.32. The van der Waals surface area contributed by atoms with Crippen LogP contribution in [-0.4, -0.2) is 24.3 Å². The van der Waals surface area contributed by atoms with E-state index in [4.69, 9.17) is 4.74 Å². The normalized spacial score (nSPS) is 20.7. The van der Waals surface area contributed by atoms with Crippen molar-refractivity contribution >= 4 is 5.69 Å². The smallest absolute Gasteiger partial charge is 0.143 e. The number of aliphatic hydroxyl groups excluding tert-OH is 1. The zero-order valence-corrected chi connectivity index (χ0v) is 10.8. The van der Waals surface area contributed by atoms with Gasteiger partial charge in [-0.15, -0.1) is 0 Å². The molecule has 0 radical (unpaired) electrons. The van der Waals surface area contributed by atoms with Crippen molar-refractivity contribution < 1.29 is 9.84 Å². The average molecular weight is 235 g/mol. The van der Waals surface area contributed by atoms with Crippen molar-refractivity contribution in [2.24, 2.45) is 0 Å². The summed E-state index contributed by atoms with van der Waals surface area (Å²) >= 11 is 0. The van der Waals surface area contributed by atoms with E-state index in [1.54, 1.807) is 6.92 Å². The van der Waals surface area contributed by atoms with Gasteiger partial charge in [-0.1, -0.05) is 13.0 Å². The maximum Gasteiger partial charge on any atom is 0.143 e. The lowest BCUT2D eigenvalue weighted by atomic mass is 10.1. The van der Waals surface area contributed by atoms with Crippen LogP contribution >= 0.6 is 0 Å². The number of hydrogen-bond acceptors (Lipinski definition) is 3. The van der Waals surface area contributed by atoms with E-state index in [-0.39, 0.29) is 6.10 Å². The van der Waals surface area contributed by atoms with Gasteiger partial charge >= 0.3 is 0 Å². The number of benzene rings is 1. The number of hydrogen-bond donors (Lipinski definition) is 1. The van der Waals surface area contributed by atoms with Crippen molar-refractivity contribution in [3.05, 3.63) is 23.8 Å². The van der Waals surface area contributed by atoms with E-state index in [2.05, 4.69) is 18.7 Å². The average Bonchev–Trinajstić information content (AvgIpc) is 2.36. The minimum absolute atomic E-state index is 0.278. The molecule has 1 aromatic rings. The van der Waals surface area contributed by atoms with Crippen molar-refractivity contribution in [2.75, 3.05) is 18.0 Å². The summed E-state index contributed by atoms with van der Waals surface area (Å²) in [7, 11) is 0. The number of aliphatic hydroxyl groups is 1. The number of nitrogens with zero attached hydrogens (tertiary/aromatic N) is 1. The van der Waals surface area contributed by atoms with E-state index in [1.165, 1.54) is 0 Å². The van der Waals surface area contributed by atoms with Crippen molar-refractivity contribution in [3.63, 3.8) is 0 Å². The van der Waals surface area contributed by atoms with Gasteiger partial charge in [-0.25, -0.2) is 0 Å². The topological polar surface area (TPSA) is 32.7 Å². The SMILES string of the molecule is CCC1CN(CC)c2cc(C(C)O)ccc2O1. The van der Waals surface area contributed by atoms with Gasteiger partial charge in [0.25, 0.3) is 0 Å². The van der Waals surface area contributed by atoms with E-state index in [0.29, 0.717) is 0 Å². The van der Waals surface area contributed by atoms with E-state index in [9.17, 15) is 5.11 Å². The van der Waals surface area contributed by atoms with Crippen molar-refractivity contribution in [3.8, 4) is 5.75 Å². The fraction of sp³-hybridized carbons (Fsp3) is 0.571. The number of anilines is 1. The van der Waals surface area contributed by atoms with Crippen LogP contribution in [0.3, 0.4) is 0 Å². The molecule has 2 atom stereocenters. The van der Waals surface area contributed by atoms with Crippen LogP contribution in [0.4, 0.5) is 5.69 Å². The summed E-state index contributed by atoms with van der Waals surface area (Å²) < 4.78 is 5.92. The van der Waals surface area contributed by atoms with Crippen LogP contribution in [0.15, 0.2) is 18.2 Å². The molecule has 94 valence electrons. The minimum Gasteiger partial charge on any atom is -0.486 e. The molecule has 0 saturated carbocycles. The second-order valence-electron chi connectivity index (χ2n) is 4.59. The zero-order chi connectivity index (χ0) is 12.4. The maximum atomic E-state index is 9.62. The van der Waals surface area contributed by atoms with Crippen LogP contribution in [0, 0.1) is 0 Å². The molecule has 0 fully saturated rings. The summed E-state index contributed by atoms with van der Waals surface area (Å²) in [6.07, 6.45) is 0.872. The van der Waals surface area contributed by atoms with Gasteiger partial charge in [0.2, 0.25) is 0 Å². The number of rotatable bonds is 3. The highest BCUT2D eigenvalue weighted by Gasteiger charge is 2.24. The van der Waals surface area contributed by atoms with Crippen LogP contribution in [-0.2, 0) is 0 Å². The Kier molecular flexibility index (Phi) is 3.57. The molecule has 1 N–H and O–H groups in total. The predicted octanol–water partition coefficient (Wildman–Crippen LogP) is 2.74. The quantitative estimate of drug-likeness (QED) is 0.874. The highest BCUT2D eigenvalue weighted by Crippen LogP contribution is 2.35. The third-order valence-corrected chi connectivity index (χ3v) is 3.36. The zero-order valence-electron chi connectivity index (χ0n) is 10.8. The molecule has 0 saturated heterocycles. The molecule has 0 aromatic heterocycles. The van der Waals surface area contributed by atoms with Crippen molar-refractivity contribution in [1.82, 2.24) is 0 Å². The monoisotopic (exact) mass is 235 g/mol. The lowest BCUT2D eigenvalue weighted by molar-refractivity contribution is 0.187. The van der Waals surface area contributed by atoms with E-state index in [0.717, 1.165) is 36.5 Å². The number of likely N-dealkylation sites (N-methyl/N-ethyl adjacent to an activating group) is 1. The van der Waals surface area contributed by atoms with Gasteiger partial charge in [-0.3, -0.25) is 0 Å². The Morgan fingerprint density at radius 2 is 2.24 bits per heavy atom. The number of fused-ring (bicyclic) bond motifs is 1. The first-order valence-electron chi connectivity index (χ1n) is 6.39. The summed E-state index contributed by atoms with van der Waals surface area (Å²) in [5, 5.41) is 9.62. The fourth-order valence-electron chi connectivity index (χ4n) is 2.21. The van der Waals surface area contributed by atoms with Crippen molar-refractivity contribution in [1.29, 1.82) is 0 Å². The molecule has 0 aliphatic carbocycles. The predicted molar refractivity (Wildman–Crippen MR) is 69.7 cm³/mol. The molecular formula is C14H21NO2. The molecule has 17 heavy (non-hydrogen) atoms. The second kappa shape index (κ2) is 4.96. The van der Waals surface area contributed by atoms with E-state index < -0.39 is 6.10 Å². The molecule has 0 amide bonds. The molecule has 0 spiro atoms. The molecule has 1 aliphatic heterocycles. The Hall–Kier alpha value is -1.22. The Morgan fingerprint density at radius 3 is 2.82 bits per heavy atom. The second-order valence-corrected chi connectivity index (χ2v) is 4.59. The third kappa shape index (κ3) is 2.39. The molecule has 2 unspecified atom stereocenters. The standard InChI is InChI=1S/C14H21NO2/c1-4-12-9-15(5-2)13-8-11(10(3)16)6-7-14(13)17-12/h6-8,10,12,16H,4-5,9H2,1-3H3. The van der Waals surface area contributed by atoms with Crippen LogP contribution in [0.2, 0.25) is 0 Å². The van der Waals surface area contributed by atoms with Gasteiger partial charge in [-0.2, -0.15) is 0 Å². The van der Waals surface area contributed by atoms with E-state index in [1.807, 2.05) is 18.2 Å². The molecule has 3 heteroatoms. The summed E-state index contributed by atoms with van der Waals surface area (Å²) in [5.74, 6) is 0.939. The van der Waals surface area contributed by atoms with Gasteiger partial charge in [0.15, 0.2) is 0 Å². The van der Waals surface area contributed by atoms with Gasteiger partial charge in [0.05, 0.1) is 18.3 Å². The lowest BCUT2D eigenvalue weighted by Crippen LogP contribution is -2.39. The van der Waals surface area contributed by atoms with E-state index >= 15 is 0 Å². The highest BCUT2D eigenvalue weighted by atomic mass is 16.5. The summed E-state index contributed by atoms with van der Waals surface area (Å²) in [6, 6.07) is 5.95. The Balaban J connectivity index is 2.35. The first-order valence-corrected chi connectivity index (χ1v) is 6.39. The minimum atomic E-state index is -0.428. The lowest BCUT2D eigenvalue weighted by Gasteiger charge is -2.35. The first-order chi connectivity index (χ1) is 8.15. The molecule has 1 aromatic carbocycles. The highest BCUT2D eigenvalue weighted by molar-refractivity contribution is 5.62. The third-order valence-electron chi connectivity index (χ3n) is 3.36. The Bertz CT molecular complexity index is 390. The van der Waals surface area contributed by atoms with Gasteiger partial charge in [0, 0.05) is 6.54 Å². The molecular weight excluding hydrogens is 214 g/mol. The van der Waals surface area contributed by atoms with Crippen LogP contribution in [0.25, 0.3) is 0 Å². The van der Waals surface area contributed by atoms with Crippen LogP contribution < -0.4 is 9.64 Å². The molecule has 3 nitrogen and oxygen atoms in total. The molecule has 1 heterocycles. The van der Waals surface area contributed by atoms with Crippen molar-refractivity contribution in [2.45, 2.75) is 39.4 Å². The first kappa shape index (κ1) is 12.2. The van der Waals surface area contributed by atoms with Gasteiger partial charge in [0.1, 0.15) is 11.9 Å². The Labute approximate surface area is 103 Å². The van der Waals surface area contributed by atoms with Gasteiger partial charge < -0.3 is 14.7 Å². The fourth-order valence-corrected chi connectivity index (χ4v) is 2.21. The molecule has 0 bridgehead atoms. The Morgan fingerprint density at radius 1 is 1.47 bits per heavy atom. The van der Waals surface area contributed by atoms with Crippen LogP contribution in [0.5, 0.6) is 5.75 Å². The van der Waals surface area contributed by atoms with Crippen LogP contribution in [0.1, 0.15) is 38.9 Å². The largest absolute Gasteiger partial charge is 0.486 e. The summed E-state index contributed by atoms with van der Waals surface area (Å²) in [5.41, 5.74) is 2.05. The molecule has 1 aliphatic rings. The maximum absolute atomic E-state index is 9.62. The molecule has 2 rings (SSSR count). The summed E-state index contributed by atoms with van der Waals surface area (Å²) in [6.45, 7) is 7.99. The number of ether oxygens (including phenoxy) is 1.